The Balaban J connectivity index is 1.87. The van der Waals surface area contributed by atoms with Gasteiger partial charge in [0.25, 0.3) is 0 Å². The Hall–Kier alpha value is -0.500. The van der Waals surface area contributed by atoms with E-state index in [2.05, 4.69) is 60.2 Å². The zero-order valence-corrected chi connectivity index (χ0v) is 13.8. The van der Waals surface area contributed by atoms with Crippen molar-refractivity contribution in [1.29, 1.82) is 0 Å². The molecule has 1 aromatic rings. The van der Waals surface area contributed by atoms with Crippen molar-refractivity contribution in [3.63, 3.8) is 0 Å². The summed E-state index contributed by atoms with van der Waals surface area (Å²) in [6.07, 6.45) is 4.15. The topological polar surface area (TPSA) is 12.0 Å². The fourth-order valence-electron chi connectivity index (χ4n) is 4.48. The number of hydrogen-bond donors (Lipinski definition) is 1. The lowest BCUT2D eigenvalue weighted by Gasteiger charge is -2.41. The van der Waals surface area contributed by atoms with Gasteiger partial charge in [0.05, 0.1) is 0 Å². The van der Waals surface area contributed by atoms with Gasteiger partial charge in [-0.2, -0.15) is 0 Å². The second kappa shape index (κ2) is 4.80. The Morgan fingerprint density at radius 3 is 2.79 bits per heavy atom. The molecule has 1 nitrogen and oxygen atoms in total. The molecule has 1 heterocycles. The molecule has 1 aromatic carbocycles. The van der Waals surface area contributed by atoms with Crippen LogP contribution in [0.2, 0.25) is 0 Å². The second-order valence-corrected chi connectivity index (χ2v) is 8.31. The predicted molar refractivity (Wildman–Crippen MR) is 85.7 cm³/mol. The highest BCUT2D eigenvalue weighted by Crippen LogP contribution is 2.49. The zero-order chi connectivity index (χ0) is 13.6. The highest BCUT2D eigenvalue weighted by Gasteiger charge is 2.38. The summed E-state index contributed by atoms with van der Waals surface area (Å²) in [7, 11) is 0. The molecule has 1 aliphatic heterocycles. The van der Waals surface area contributed by atoms with Gasteiger partial charge >= 0.3 is 0 Å². The maximum Gasteiger partial charge on any atom is 0.0377 e. The van der Waals surface area contributed by atoms with E-state index in [0.717, 1.165) is 18.4 Å². The van der Waals surface area contributed by atoms with Gasteiger partial charge in [0.2, 0.25) is 0 Å². The smallest absolute Gasteiger partial charge is 0.0377 e. The van der Waals surface area contributed by atoms with Gasteiger partial charge in [0.1, 0.15) is 0 Å². The van der Waals surface area contributed by atoms with Crippen molar-refractivity contribution in [3.05, 3.63) is 28.2 Å². The van der Waals surface area contributed by atoms with E-state index in [1.165, 1.54) is 35.0 Å². The van der Waals surface area contributed by atoms with E-state index in [4.69, 9.17) is 0 Å². The number of halogens is 1. The maximum atomic E-state index is 3.62. The van der Waals surface area contributed by atoms with Crippen molar-refractivity contribution in [2.24, 2.45) is 17.3 Å². The minimum atomic E-state index is 0.511. The number of rotatable bonds is 1. The standard InChI is InChI=1S/C17H24BrN/c1-11-6-12(9-17(2,3)8-11)15-10-19-16-5-4-13(18)7-14(15)16/h4-5,7,11-12,15,19H,6,8-10H2,1-3H3. The van der Waals surface area contributed by atoms with Crippen LogP contribution in [0, 0.1) is 17.3 Å². The molecule has 2 aliphatic rings. The number of fused-ring (bicyclic) bond motifs is 1. The highest BCUT2D eigenvalue weighted by atomic mass is 79.9. The van der Waals surface area contributed by atoms with Gasteiger partial charge in [-0.25, -0.2) is 0 Å². The van der Waals surface area contributed by atoms with E-state index in [1.807, 2.05) is 0 Å². The number of anilines is 1. The van der Waals surface area contributed by atoms with Crippen molar-refractivity contribution in [3.8, 4) is 0 Å². The Bertz CT molecular complexity index is 480. The molecule has 3 unspecified atom stereocenters. The summed E-state index contributed by atoms with van der Waals surface area (Å²) >= 11 is 3.62. The van der Waals surface area contributed by atoms with Crippen molar-refractivity contribution in [2.45, 2.75) is 46.0 Å². The first kappa shape index (κ1) is 13.5. The third kappa shape index (κ3) is 2.69. The zero-order valence-electron chi connectivity index (χ0n) is 12.2. The number of nitrogens with one attached hydrogen (secondary N) is 1. The molecule has 1 fully saturated rings. The van der Waals surface area contributed by atoms with Crippen LogP contribution in [0.15, 0.2) is 22.7 Å². The molecular formula is C17H24BrN. The lowest BCUT2D eigenvalue weighted by atomic mass is 9.64. The highest BCUT2D eigenvalue weighted by molar-refractivity contribution is 9.10. The minimum absolute atomic E-state index is 0.511. The molecule has 2 heteroatoms. The fourth-order valence-corrected chi connectivity index (χ4v) is 4.86. The van der Waals surface area contributed by atoms with E-state index >= 15 is 0 Å². The average Bonchev–Trinajstić information content (AvgIpc) is 2.68. The van der Waals surface area contributed by atoms with E-state index in [0.29, 0.717) is 11.3 Å². The van der Waals surface area contributed by atoms with Gasteiger partial charge in [-0.05, 0) is 60.3 Å². The van der Waals surface area contributed by atoms with Gasteiger partial charge in [0.15, 0.2) is 0 Å². The predicted octanol–water partition coefficient (Wildman–Crippen LogP) is 5.42. The fraction of sp³-hybridized carbons (Fsp3) is 0.647. The first-order valence-electron chi connectivity index (χ1n) is 7.48. The van der Waals surface area contributed by atoms with Crippen LogP contribution in [-0.4, -0.2) is 6.54 Å². The lowest BCUT2D eigenvalue weighted by molar-refractivity contribution is 0.119. The van der Waals surface area contributed by atoms with Crippen molar-refractivity contribution < 1.29 is 0 Å². The first-order valence-corrected chi connectivity index (χ1v) is 8.27. The Kier molecular flexibility index (Phi) is 3.41. The molecule has 3 atom stereocenters. The van der Waals surface area contributed by atoms with Crippen molar-refractivity contribution in [2.75, 3.05) is 11.9 Å². The summed E-state index contributed by atoms with van der Waals surface area (Å²) in [4.78, 5) is 0. The van der Waals surface area contributed by atoms with Crippen LogP contribution in [0.25, 0.3) is 0 Å². The van der Waals surface area contributed by atoms with Crippen LogP contribution in [0.5, 0.6) is 0 Å². The van der Waals surface area contributed by atoms with Crippen LogP contribution in [-0.2, 0) is 0 Å². The molecule has 3 rings (SSSR count). The summed E-state index contributed by atoms with van der Waals surface area (Å²) in [6, 6.07) is 6.69. The third-order valence-electron chi connectivity index (χ3n) is 4.92. The Labute approximate surface area is 125 Å². The van der Waals surface area contributed by atoms with E-state index in [-0.39, 0.29) is 0 Å². The largest absolute Gasteiger partial charge is 0.384 e. The molecule has 0 saturated heterocycles. The van der Waals surface area contributed by atoms with Gasteiger partial charge < -0.3 is 5.32 Å². The van der Waals surface area contributed by atoms with Crippen LogP contribution in [0.1, 0.15) is 51.5 Å². The number of benzene rings is 1. The Morgan fingerprint density at radius 1 is 1.26 bits per heavy atom. The normalized spacial score (nSPS) is 32.7. The molecule has 1 aliphatic carbocycles. The molecular weight excluding hydrogens is 298 g/mol. The monoisotopic (exact) mass is 321 g/mol. The van der Waals surface area contributed by atoms with E-state index < -0.39 is 0 Å². The van der Waals surface area contributed by atoms with E-state index in [1.54, 1.807) is 0 Å². The summed E-state index contributed by atoms with van der Waals surface area (Å²) in [5.74, 6) is 2.40. The molecule has 19 heavy (non-hydrogen) atoms. The lowest BCUT2D eigenvalue weighted by Crippen LogP contribution is -2.31. The SMILES string of the molecule is CC1CC(C2CNc3ccc(Br)cc32)CC(C)(C)C1. The molecule has 0 amide bonds. The van der Waals surface area contributed by atoms with Crippen LogP contribution in [0.3, 0.4) is 0 Å². The minimum Gasteiger partial charge on any atom is -0.384 e. The molecule has 1 N–H and O–H groups in total. The quantitative estimate of drug-likeness (QED) is 0.728. The maximum absolute atomic E-state index is 3.62. The van der Waals surface area contributed by atoms with Crippen molar-refractivity contribution in [1.82, 2.24) is 0 Å². The van der Waals surface area contributed by atoms with Gasteiger partial charge in [-0.15, -0.1) is 0 Å². The molecule has 0 aromatic heterocycles. The van der Waals surface area contributed by atoms with Gasteiger partial charge in [0, 0.05) is 22.6 Å². The van der Waals surface area contributed by atoms with Gasteiger partial charge in [-0.3, -0.25) is 0 Å². The molecule has 0 spiro atoms. The number of hydrogen-bond acceptors (Lipinski definition) is 1. The second-order valence-electron chi connectivity index (χ2n) is 7.39. The van der Waals surface area contributed by atoms with Crippen LogP contribution >= 0.6 is 15.9 Å². The summed E-state index contributed by atoms with van der Waals surface area (Å²) in [6.45, 7) is 8.44. The summed E-state index contributed by atoms with van der Waals surface area (Å²) < 4.78 is 1.21. The molecule has 1 saturated carbocycles. The third-order valence-corrected chi connectivity index (χ3v) is 5.41. The summed E-state index contributed by atoms with van der Waals surface area (Å²) in [5, 5.41) is 3.60. The van der Waals surface area contributed by atoms with Crippen molar-refractivity contribution >= 4 is 21.6 Å². The van der Waals surface area contributed by atoms with Crippen LogP contribution < -0.4 is 5.32 Å². The van der Waals surface area contributed by atoms with Crippen LogP contribution in [0.4, 0.5) is 5.69 Å². The Morgan fingerprint density at radius 2 is 2.05 bits per heavy atom. The summed E-state index contributed by atoms with van der Waals surface area (Å²) in [5.41, 5.74) is 3.39. The first-order chi connectivity index (χ1) is 8.94. The molecule has 104 valence electrons. The average molecular weight is 322 g/mol. The molecule has 0 radical (unpaired) electrons. The molecule has 0 bridgehead atoms. The van der Waals surface area contributed by atoms with E-state index in [9.17, 15) is 0 Å². The van der Waals surface area contributed by atoms with Gasteiger partial charge in [-0.1, -0.05) is 36.7 Å².